The highest BCUT2D eigenvalue weighted by molar-refractivity contribution is 5.92. The molecule has 0 radical (unpaired) electrons. The predicted octanol–water partition coefficient (Wildman–Crippen LogP) is 3.22. The molecule has 0 aliphatic carbocycles. The zero-order valence-corrected chi connectivity index (χ0v) is 11.5. The lowest BCUT2D eigenvalue weighted by Crippen LogP contribution is -2.37. The van der Waals surface area contributed by atoms with Gasteiger partial charge >= 0.3 is 0 Å². The van der Waals surface area contributed by atoms with Gasteiger partial charge in [0.05, 0.1) is 6.07 Å². The third kappa shape index (κ3) is 3.07. The van der Waals surface area contributed by atoms with Crippen LogP contribution in [0.25, 0.3) is 11.3 Å². The number of hydrogen-bond donors (Lipinski definition) is 1. The van der Waals surface area contributed by atoms with Crippen LogP contribution in [0.15, 0.2) is 46.9 Å². The topological polar surface area (TPSA) is 66.0 Å². The fourth-order valence-corrected chi connectivity index (χ4v) is 1.78. The van der Waals surface area contributed by atoms with Crippen molar-refractivity contribution in [3.63, 3.8) is 0 Å². The van der Waals surface area contributed by atoms with Gasteiger partial charge in [0.15, 0.2) is 5.76 Å². The summed E-state index contributed by atoms with van der Waals surface area (Å²) in [7, 11) is 0. The van der Waals surface area contributed by atoms with E-state index in [1.54, 1.807) is 12.1 Å². The Kier molecular flexibility index (Phi) is 4.21. The number of rotatable bonds is 4. The first-order chi connectivity index (χ1) is 9.61. The monoisotopic (exact) mass is 268 g/mol. The van der Waals surface area contributed by atoms with Crippen LogP contribution in [0.5, 0.6) is 0 Å². The van der Waals surface area contributed by atoms with Crippen LogP contribution in [-0.4, -0.2) is 11.9 Å². The van der Waals surface area contributed by atoms with Crippen LogP contribution in [0.1, 0.15) is 24.4 Å². The second kappa shape index (κ2) is 6.07. The van der Waals surface area contributed by atoms with Crippen molar-refractivity contribution >= 4 is 5.91 Å². The minimum absolute atomic E-state index is 0.0486. The molecule has 0 saturated carbocycles. The summed E-state index contributed by atoms with van der Waals surface area (Å²) in [4.78, 5) is 12.0. The number of benzene rings is 1. The van der Waals surface area contributed by atoms with Crippen molar-refractivity contribution in [1.82, 2.24) is 5.32 Å². The minimum Gasteiger partial charge on any atom is -0.451 e. The van der Waals surface area contributed by atoms with Crippen LogP contribution in [-0.2, 0) is 0 Å². The van der Waals surface area contributed by atoms with Crippen LogP contribution >= 0.6 is 0 Å². The van der Waals surface area contributed by atoms with Gasteiger partial charge in [0.2, 0.25) is 0 Å². The number of carbonyl (C=O) groups is 1. The molecule has 0 aliphatic rings. The minimum atomic E-state index is -0.521. The number of hydrogen-bond acceptors (Lipinski definition) is 3. The molecule has 0 saturated heterocycles. The number of amides is 1. The number of nitriles is 1. The highest BCUT2D eigenvalue weighted by Gasteiger charge is 2.18. The normalized spacial score (nSPS) is 11.9. The Bertz CT molecular complexity index is 623. The molecule has 102 valence electrons. The predicted molar refractivity (Wildman–Crippen MR) is 75.8 cm³/mol. The van der Waals surface area contributed by atoms with Gasteiger partial charge in [-0.15, -0.1) is 0 Å². The van der Waals surface area contributed by atoms with Gasteiger partial charge in [0.1, 0.15) is 11.8 Å². The van der Waals surface area contributed by atoms with E-state index in [2.05, 4.69) is 11.4 Å². The molecule has 0 bridgehead atoms. The quantitative estimate of drug-likeness (QED) is 0.925. The Morgan fingerprint density at radius 2 is 1.90 bits per heavy atom. The molecule has 1 amide bonds. The highest BCUT2D eigenvalue weighted by Crippen LogP contribution is 2.21. The molecule has 1 heterocycles. The van der Waals surface area contributed by atoms with Crippen LogP contribution in [0.3, 0.4) is 0 Å². The Morgan fingerprint density at radius 3 is 2.50 bits per heavy atom. The van der Waals surface area contributed by atoms with Crippen molar-refractivity contribution in [2.45, 2.75) is 19.9 Å². The lowest BCUT2D eigenvalue weighted by atomic mass is 10.1. The lowest BCUT2D eigenvalue weighted by molar-refractivity contribution is 0.0910. The number of furan rings is 1. The van der Waals surface area contributed by atoms with Crippen molar-refractivity contribution in [3.05, 3.63) is 48.2 Å². The fourth-order valence-electron chi connectivity index (χ4n) is 1.78. The maximum absolute atomic E-state index is 12.0. The lowest BCUT2D eigenvalue weighted by Gasteiger charge is -2.13. The molecular formula is C16H16N2O2. The smallest absolute Gasteiger partial charge is 0.288 e. The first-order valence-electron chi connectivity index (χ1n) is 6.47. The molecule has 4 heteroatoms. The molecule has 20 heavy (non-hydrogen) atoms. The Hall–Kier alpha value is -2.54. The van der Waals surface area contributed by atoms with E-state index >= 15 is 0 Å². The first-order valence-corrected chi connectivity index (χ1v) is 6.47. The van der Waals surface area contributed by atoms with Crippen LogP contribution < -0.4 is 5.32 Å². The zero-order chi connectivity index (χ0) is 14.5. The second-order valence-electron chi connectivity index (χ2n) is 4.85. The molecule has 2 aromatic rings. The van der Waals surface area contributed by atoms with Gasteiger partial charge in [-0.2, -0.15) is 5.26 Å². The molecule has 0 fully saturated rings. The summed E-state index contributed by atoms with van der Waals surface area (Å²) in [6, 6.07) is 14.5. The third-order valence-electron chi connectivity index (χ3n) is 2.98. The average Bonchev–Trinajstić information content (AvgIpc) is 2.95. The van der Waals surface area contributed by atoms with E-state index < -0.39 is 6.04 Å². The van der Waals surface area contributed by atoms with E-state index in [-0.39, 0.29) is 17.6 Å². The van der Waals surface area contributed by atoms with Gasteiger partial charge < -0.3 is 9.73 Å². The summed E-state index contributed by atoms with van der Waals surface area (Å²) >= 11 is 0. The van der Waals surface area contributed by atoms with Gasteiger partial charge in [-0.3, -0.25) is 4.79 Å². The van der Waals surface area contributed by atoms with Crippen molar-refractivity contribution < 1.29 is 9.21 Å². The van der Waals surface area contributed by atoms with E-state index in [1.807, 2.05) is 44.2 Å². The zero-order valence-electron chi connectivity index (χ0n) is 11.5. The Morgan fingerprint density at radius 1 is 1.20 bits per heavy atom. The molecule has 4 nitrogen and oxygen atoms in total. The maximum atomic E-state index is 12.0. The van der Waals surface area contributed by atoms with Gasteiger partial charge in [-0.25, -0.2) is 0 Å². The molecule has 1 aromatic carbocycles. The summed E-state index contributed by atoms with van der Waals surface area (Å²) in [5, 5.41) is 11.6. The standard InChI is InChI=1S/C16H16N2O2/c1-11(2)13(10-17)18-16(19)15-9-8-14(20-15)12-6-4-3-5-7-12/h3-9,11,13H,1-2H3,(H,18,19). The van der Waals surface area contributed by atoms with Gasteiger partial charge in [0, 0.05) is 5.56 Å². The summed E-state index contributed by atoms with van der Waals surface area (Å²) in [5.74, 6) is 0.526. The van der Waals surface area contributed by atoms with E-state index in [9.17, 15) is 4.79 Å². The van der Waals surface area contributed by atoms with E-state index in [4.69, 9.17) is 9.68 Å². The SMILES string of the molecule is CC(C)C(C#N)NC(=O)c1ccc(-c2ccccc2)o1. The molecule has 2 rings (SSSR count). The van der Waals surface area contributed by atoms with Crippen molar-refractivity contribution in [1.29, 1.82) is 5.26 Å². The van der Waals surface area contributed by atoms with Crippen molar-refractivity contribution in [3.8, 4) is 17.4 Å². The van der Waals surface area contributed by atoms with Gasteiger partial charge in [-0.05, 0) is 18.1 Å². The number of nitrogens with one attached hydrogen (secondary N) is 1. The van der Waals surface area contributed by atoms with Crippen molar-refractivity contribution in [2.75, 3.05) is 0 Å². The molecule has 0 aliphatic heterocycles. The average molecular weight is 268 g/mol. The number of nitrogens with zero attached hydrogens (tertiary/aromatic N) is 1. The molecule has 1 unspecified atom stereocenters. The van der Waals surface area contributed by atoms with Gasteiger partial charge in [-0.1, -0.05) is 44.2 Å². The highest BCUT2D eigenvalue weighted by atomic mass is 16.3. The molecular weight excluding hydrogens is 252 g/mol. The summed E-state index contributed by atoms with van der Waals surface area (Å²) < 4.78 is 5.54. The Labute approximate surface area is 118 Å². The maximum Gasteiger partial charge on any atom is 0.288 e. The van der Waals surface area contributed by atoms with Crippen LogP contribution in [0.2, 0.25) is 0 Å². The summed E-state index contributed by atoms with van der Waals surface area (Å²) in [6.45, 7) is 3.76. The molecule has 1 N–H and O–H groups in total. The van der Waals surface area contributed by atoms with E-state index in [1.165, 1.54) is 0 Å². The van der Waals surface area contributed by atoms with E-state index in [0.717, 1.165) is 5.56 Å². The van der Waals surface area contributed by atoms with Crippen molar-refractivity contribution in [2.24, 2.45) is 5.92 Å². The third-order valence-corrected chi connectivity index (χ3v) is 2.98. The fraction of sp³-hybridized carbons (Fsp3) is 0.250. The van der Waals surface area contributed by atoms with E-state index in [0.29, 0.717) is 5.76 Å². The second-order valence-corrected chi connectivity index (χ2v) is 4.85. The first kappa shape index (κ1) is 13.9. The molecule has 0 spiro atoms. The van der Waals surface area contributed by atoms with Crippen LogP contribution in [0.4, 0.5) is 0 Å². The summed E-state index contributed by atoms with van der Waals surface area (Å²) in [5.41, 5.74) is 0.909. The Balaban J connectivity index is 2.13. The summed E-state index contributed by atoms with van der Waals surface area (Å²) in [6.07, 6.45) is 0. The van der Waals surface area contributed by atoms with Gasteiger partial charge in [0.25, 0.3) is 5.91 Å². The largest absolute Gasteiger partial charge is 0.451 e. The molecule has 1 atom stereocenters. The number of carbonyl (C=O) groups excluding carboxylic acids is 1. The van der Waals surface area contributed by atoms with Crippen LogP contribution in [0, 0.1) is 17.2 Å². The molecule has 1 aromatic heterocycles.